The fourth-order valence-electron chi connectivity index (χ4n) is 4.85. The van der Waals surface area contributed by atoms with Gasteiger partial charge in [0.05, 0.1) is 47.9 Å². The Morgan fingerprint density at radius 2 is 1.94 bits per heavy atom. The van der Waals surface area contributed by atoms with Crippen molar-refractivity contribution in [1.82, 2.24) is 9.97 Å². The summed E-state index contributed by atoms with van der Waals surface area (Å²) in [7, 11) is 0. The van der Waals surface area contributed by atoms with Crippen molar-refractivity contribution in [3.8, 4) is 0 Å². The Bertz CT molecular complexity index is 1010. The zero-order chi connectivity index (χ0) is 23.3. The number of benzene rings is 1. The van der Waals surface area contributed by atoms with Crippen LogP contribution in [0.5, 0.6) is 0 Å². The van der Waals surface area contributed by atoms with Crippen molar-refractivity contribution < 1.29 is 23.0 Å². The number of aromatic nitrogens is 2. The van der Waals surface area contributed by atoms with Crippen LogP contribution < -0.4 is 11.5 Å². The van der Waals surface area contributed by atoms with E-state index < -0.39 is 35.6 Å². The highest BCUT2D eigenvalue weighted by atomic mass is 19.3. The van der Waals surface area contributed by atoms with Crippen LogP contribution in [0.2, 0.25) is 0 Å². The summed E-state index contributed by atoms with van der Waals surface area (Å²) in [5, 5.41) is 0. The number of halogens is 2. The first-order valence-corrected chi connectivity index (χ1v) is 11.9. The van der Waals surface area contributed by atoms with Gasteiger partial charge in [-0.2, -0.15) is 0 Å². The van der Waals surface area contributed by atoms with E-state index >= 15 is 0 Å². The minimum Gasteiger partial charge on any atom is -0.378 e. The summed E-state index contributed by atoms with van der Waals surface area (Å²) in [6.45, 7) is 2.22. The molecule has 9 heteroatoms. The first-order valence-electron chi connectivity index (χ1n) is 11.9. The van der Waals surface area contributed by atoms with Crippen molar-refractivity contribution in [2.75, 3.05) is 6.61 Å². The van der Waals surface area contributed by atoms with E-state index in [-0.39, 0.29) is 31.7 Å². The molecule has 33 heavy (non-hydrogen) atoms. The first kappa shape index (κ1) is 22.7. The number of nitrogens with two attached hydrogens (primary N) is 2. The maximum absolute atomic E-state index is 13.6. The van der Waals surface area contributed by atoms with Gasteiger partial charge in [-0.25, -0.2) is 13.8 Å². The van der Waals surface area contributed by atoms with Crippen molar-refractivity contribution in [1.29, 1.82) is 0 Å². The van der Waals surface area contributed by atoms with Gasteiger partial charge < -0.3 is 25.9 Å². The van der Waals surface area contributed by atoms with Gasteiger partial charge in [0.25, 0.3) is 0 Å². The SMILES string of the molecule is C[C@@H](OC1CC1)[C@H](N)c1nc2ccc([C@@H](COC3CC3)C(C(N)=O)C3CC(F)(F)C3)cc2[nH]1. The van der Waals surface area contributed by atoms with Crippen molar-refractivity contribution in [2.24, 2.45) is 23.3 Å². The lowest BCUT2D eigenvalue weighted by molar-refractivity contribution is -0.147. The number of nitrogens with one attached hydrogen (secondary N) is 1. The number of amides is 1. The van der Waals surface area contributed by atoms with E-state index in [9.17, 15) is 13.6 Å². The molecule has 0 bridgehead atoms. The number of alkyl halides is 2. The third-order valence-electron chi connectivity index (χ3n) is 7.13. The van der Waals surface area contributed by atoms with Crippen molar-refractivity contribution >= 4 is 16.9 Å². The molecule has 1 heterocycles. The molecule has 1 aromatic carbocycles. The summed E-state index contributed by atoms with van der Waals surface area (Å²) in [5.74, 6) is -4.21. The Morgan fingerprint density at radius 3 is 2.55 bits per heavy atom. The van der Waals surface area contributed by atoms with E-state index in [0.29, 0.717) is 11.9 Å². The number of rotatable bonds is 11. The molecular formula is C24H32F2N4O3. The summed E-state index contributed by atoms with van der Waals surface area (Å²) in [6, 6.07) is 5.27. The zero-order valence-electron chi connectivity index (χ0n) is 18.8. The fraction of sp³-hybridized carbons (Fsp3) is 0.667. The van der Waals surface area contributed by atoms with Gasteiger partial charge in [0, 0.05) is 18.8 Å². The lowest BCUT2D eigenvalue weighted by Gasteiger charge is -2.41. The lowest BCUT2D eigenvalue weighted by atomic mass is 9.67. The second-order valence-corrected chi connectivity index (χ2v) is 10.1. The molecule has 0 saturated heterocycles. The molecule has 3 fully saturated rings. The molecule has 4 atom stereocenters. The Balaban J connectivity index is 1.40. The zero-order valence-corrected chi connectivity index (χ0v) is 18.8. The first-order chi connectivity index (χ1) is 15.7. The average molecular weight is 463 g/mol. The summed E-state index contributed by atoms with van der Waals surface area (Å²) in [4.78, 5) is 20.3. The molecule has 1 aromatic heterocycles. The van der Waals surface area contributed by atoms with E-state index in [1.165, 1.54) is 0 Å². The third-order valence-corrected chi connectivity index (χ3v) is 7.13. The minimum absolute atomic E-state index is 0.170. The maximum atomic E-state index is 13.6. The van der Waals surface area contributed by atoms with Gasteiger partial charge >= 0.3 is 0 Å². The molecule has 3 aliphatic carbocycles. The summed E-state index contributed by atoms with van der Waals surface area (Å²) in [6.07, 6.45) is 3.77. The number of carbonyl (C=O) groups is 1. The van der Waals surface area contributed by atoms with E-state index in [2.05, 4.69) is 9.97 Å². The number of hydrogen-bond acceptors (Lipinski definition) is 5. The molecule has 7 nitrogen and oxygen atoms in total. The van der Waals surface area contributed by atoms with Crippen LogP contribution in [0.25, 0.3) is 11.0 Å². The van der Waals surface area contributed by atoms with Crippen LogP contribution in [0.3, 0.4) is 0 Å². The van der Waals surface area contributed by atoms with Gasteiger partial charge in [0.2, 0.25) is 11.8 Å². The van der Waals surface area contributed by atoms with Crippen molar-refractivity contribution in [2.45, 2.75) is 81.6 Å². The smallest absolute Gasteiger partial charge is 0.248 e. The highest BCUT2D eigenvalue weighted by molar-refractivity contribution is 5.80. The Kier molecular flexibility index (Phi) is 5.91. The number of H-pyrrole nitrogens is 1. The Labute approximate surface area is 191 Å². The van der Waals surface area contributed by atoms with E-state index in [0.717, 1.165) is 42.3 Å². The van der Waals surface area contributed by atoms with Crippen LogP contribution in [-0.2, 0) is 14.3 Å². The molecule has 1 amide bonds. The molecule has 3 saturated carbocycles. The van der Waals surface area contributed by atoms with Crippen molar-refractivity contribution in [3.63, 3.8) is 0 Å². The molecule has 5 N–H and O–H groups in total. The van der Waals surface area contributed by atoms with Gasteiger partial charge in [-0.05, 0) is 56.2 Å². The minimum atomic E-state index is -2.72. The third kappa shape index (κ3) is 5.05. The molecule has 3 aliphatic rings. The Hall–Kier alpha value is -2.10. The van der Waals surface area contributed by atoms with Gasteiger partial charge in [-0.1, -0.05) is 6.07 Å². The topological polar surface area (TPSA) is 116 Å². The number of primary amides is 1. The molecule has 2 aromatic rings. The monoisotopic (exact) mass is 462 g/mol. The van der Waals surface area contributed by atoms with Crippen LogP contribution in [0.1, 0.15) is 68.8 Å². The normalized spacial score (nSPS) is 24.2. The average Bonchev–Trinajstić information content (AvgIpc) is 3.67. The molecule has 0 aliphatic heterocycles. The maximum Gasteiger partial charge on any atom is 0.248 e. The molecule has 1 unspecified atom stereocenters. The van der Waals surface area contributed by atoms with Gasteiger partial charge in [-0.3, -0.25) is 4.79 Å². The van der Waals surface area contributed by atoms with Gasteiger partial charge in [0.15, 0.2) is 0 Å². The quantitative estimate of drug-likeness (QED) is 0.472. The number of carbonyl (C=O) groups excluding carboxylic acids is 1. The standard InChI is InChI=1S/C24H32F2N4O3/c1-12(33-16-5-6-16)21(27)23-29-18-7-2-13(8-19(18)30-23)17(11-32-15-3-4-15)20(22(28)31)14-9-24(25,26)10-14/h2,7-8,12,14-17,20-21H,3-6,9-11,27H2,1H3,(H2,28,31)(H,29,30)/t12-,17-,20?,21+/m1/s1. The highest BCUT2D eigenvalue weighted by Gasteiger charge is 2.52. The fourth-order valence-corrected chi connectivity index (χ4v) is 4.85. The predicted molar refractivity (Wildman–Crippen MR) is 119 cm³/mol. The largest absolute Gasteiger partial charge is 0.378 e. The van der Waals surface area contributed by atoms with Crippen LogP contribution in [0.15, 0.2) is 18.2 Å². The number of hydrogen-bond donors (Lipinski definition) is 3. The number of ether oxygens (including phenoxy) is 2. The summed E-state index contributed by atoms with van der Waals surface area (Å²) < 4.78 is 39.1. The summed E-state index contributed by atoms with van der Waals surface area (Å²) in [5.41, 5.74) is 14.5. The molecule has 0 spiro atoms. The van der Waals surface area contributed by atoms with E-state index in [1.54, 1.807) is 0 Å². The lowest BCUT2D eigenvalue weighted by Crippen LogP contribution is -2.47. The van der Waals surface area contributed by atoms with Crippen LogP contribution >= 0.6 is 0 Å². The van der Waals surface area contributed by atoms with Gasteiger partial charge in [0.1, 0.15) is 5.82 Å². The van der Waals surface area contributed by atoms with Crippen LogP contribution in [0, 0.1) is 11.8 Å². The highest BCUT2D eigenvalue weighted by Crippen LogP contribution is 2.50. The van der Waals surface area contributed by atoms with E-state index in [1.807, 2.05) is 25.1 Å². The van der Waals surface area contributed by atoms with Crippen LogP contribution in [0.4, 0.5) is 8.78 Å². The molecular weight excluding hydrogens is 430 g/mol. The number of fused-ring (bicyclic) bond motifs is 1. The van der Waals surface area contributed by atoms with Crippen LogP contribution in [-0.4, -0.2) is 46.7 Å². The van der Waals surface area contributed by atoms with E-state index in [4.69, 9.17) is 20.9 Å². The number of imidazole rings is 1. The van der Waals surface area contributed by atoms with Crippen molar-refractivity contribution in [3.05, 3.63) is 29.6 Å². The Morgan fingerprint density at radius 1 is 1.24 bits per heavy atom. The second kappa shape index (κ2) is 8.60. The molecule has 180 valence electrons. The van der Waals surface area contributed by atoms with Gasteiger partial charge in [-0.15, -0.1) is 0 Å². The number of nitrogens with zero attached hydrogens (tertiary/aromatic N) is 1. The second-order valence-electron chi connectivity index (χ2n) is 10.1. The molecule has 0 radical (unpaired) electrons. The number of aromatic amines is 1. The summed E-state index contributed by atoms with van der Waals surface area (Å²) >= 11 is 0. The molecule has 5 rings (SSSR count). The predicted octanol–water partition coefficient (Wildman–Crippen LogP) is 3.54.